The highest BCUT2D eigenvalue weighted by Crippen LogP contribution is 2.21. The smallest absolute Gasteiger partial charge is 0.376 e. The first kappa shape index (κ1) is 10.8. The van der Waals surface area contributed by atoms with Gasteiger partial charge in [0.05, 0.1) is 11.5 Å². The summed E-state index contributed by atoms with van der Waals surface area (Å²) in [6.07, 6.45) is 0. The number of rotatable bonds is 3. The zero-order valence-corrected chi connectivity index (χ0v) is 9.82. The van der Waals surface area contributed by atoms with E-state index in [0.717, 1.165) is 4.88 Å². The number of aromatic nitrogens is 3. The predicted molar refractivity (Wildman–Crippen MR) is 60.3 cm³/mol. The van der Waals surface area contributed by atoms with Gasteiger partial charge in [-0.1, -0.05) is 6.07 Å². The highest BCUT2D eigenvalue weighted by molar-refractivity contribution is 7.13. The molecule has 0 saturated carbocycles. The number of ether oxygens (including phenoxy) is 1. The average Bonchev–Trinajstić information content (AvgIpc) is 2.86. The molecule has 0 bridgehead atoms. The molecule has 0 fully saturated rings. The summed E-state index contributed by atoms with van der Waals surface area (Å²) in [4.78, 5) is 16.6. The van der Waals surface area contributed by atoms with Crippen molar-refractivity contribution in [2.75, 3.05) is 6.61 Å². The van der Waals surface area contributed by atoms with Crippen LogP contribution in [0.1, 0.15) is 17.5 Å². The summed E-state index contributed by atoms with van der Waals surface area (Å²) in [6, 6.07) is 3.83. The van der Waals surface area contributed by atoms with Crippen LogP contribution in [0.3, 0.4) is 0 Å². The first-order valence-electron chi connectivity index (χ1n) is 4.84. The van der Waals surface area contributed by atoms with Gasteiger partial charge < -0.3 is 4.74 Å². The van der Waals surface area contributed by atoms with Gasteiger partial charge in [0.25, 0.3) is 0 Å². The third-order valence-corrected chi connectivity index (χ3v) is 2.83. The molecule has 5 nitrogen and oxygen atoms in total. The third kappa shape index (κ3) is 1.96. The van der Waals surface area contributed by atoms with Gasteiger partial charge in [-0.3, -0.25) is 0 Å². The van der Waals surface area contributed by atoms with E-state index in [1.165, 1.54) is 16.0 Å². The highest BCUT2D eigenvalue weighted by Gasteiger charge is 2.17. The zero-order chi connectivity index (χ0) is 11.5. The summed E-state index contributed by atoms with van der Waals surface area (Å²) < 4.78 is 6.32. The van der Waals surface area contributed by atoms with Crippen LogP contribution in [0, 0.1) is 0 Å². The summed E-state index contributed by atoms with van der Waals surface area (Å²) in [5, 5.41) is 6.11. The van der Waals surface area contributed by atoms with E-state index in [0.29, 0.717) is 12.4 Å². The number of aryl methyl sites for hydroxylation is 1. The summed E-state index contributed by atoms with van der Waals surface area (Å²) in [5.74, 6) is 0.339. The summed E-state index contributed by atoms with van der Waals surface area (Å²) in [6.45, 7) is 2.09. The van der Waals surface area contributed by atoms with Gasteiger partial charge in [-0.25, -0.2) is 9.48 Å². The fourth-order valence-corrected chi connectivity index (χ4v) is 1.92. The molecule has 0 aliphatic heterocycles. The number of hydrogen-bond donors (Lipinski definition) is 0. The van der Waals surface area contributed by atoms with Crippen LogP contribution in [-0.4, -0.2) is 27.3 Å². The number of carbonyl (C=O) groups excluding carboxylic acids is 1. The van der Waals surface area contributed by atoms with Crippen LogP contribution in [0.2, 0.25) is 0 Å². The minimum absolute atomic E-state index is 0.227. The maximum Gasteiger partial charge on any atom is 0.376 e. The van der Waals surface area contributed by atoms with Crippen LogP contribution >= 0.6 is 11.3 Å². The van der Waals surface area contributed by atoms with Crippen molar-refractivity contribution in [3.63, 3.8) is 0 Å². The summed E-state index contributed by atoms with van der Waals surface area (Å²) in [5.41, 5.74) is 0. The molecule has 6 heteroatoms. The normalized spacial score (nSPS) is 10.4. The fraction of sp³-hybridized carbons (Fsp3) is 0.300. The number of esters is 1. The van der Waals surface area contributed by atoms with Crippen LogP contribution < -0.4 is 0 Å². The highest BCUT2D eigenvalue weighted by atomic mass is 32.1. The van der Waals surface area contributed by atoms with E-state index in [1.807, 2.05) is 17.5 Å². The Morgan fingerprint density at radius 3 is 3.06 bits per heavy atom. The minimum Gasteiger partial charge on any atom is -0.460 e. The van der Waals surface area contributed by atoms with E-state index in [9.17, 15) is 4.79 Å². The fourth-order valence-electron chi connectivity index (χ4n) is 1.27. The van der Waals surface area contributed by atoms with Crippen molar-refractivity contribution in [2.24, 2.45) is 7.05 Å². The quantitative estimate of drug-likeness (QED) is 0.763. The van der Waals surface area contributed by atoms with Gasteiger partial charge >= 0.3 is 5.97 Å². The number of carbonyl (C=O) groups is 1. The lowest BCUT2D eigenvalue weighted by molar-refractivity contribution is 0.0506. The third-order valence-electron chi connectivity index (χ3n) is 1.96. The molecule has 0 saturated heterocycles. The van der Waals surface area contributed by atoms with Crippen LogP contribution in [0.15, 0.2) is 17.5 Å². The second-order valence-electron chi connectivity index (χ2n) is 3.08. The molecule has 0 aromatic carbocycles. The van der Waals surface area contributed by atoms with Crippen LogP contribution in [0.5, 0.6) is 0 Å². The van der Waals surface area contributed by atoms with Crippen molar-refractivity contribution in [3.05, 3.63) is 23.3 Å². The van der Waals surface area contributed by atoms with Crippen LogP contribution in [-0.2, 0) is 11.8 Å². The van der Waals surface area contributed by atoms with Crippen LogP contribution in [0.25, 0.3) is 10.7 Å². The maximum absolute atomic E-state index is 11.5. The number of hydrogen-bond acceptors (Lipinski definition) is 5. The second-order valence-corrected chi connectivity index (χ2v) is 4.03. The van der Waals surface area contributed by atoms with E-state index in [1.54, 1.807) is 14.0 Å². The Hall–Kier alpha value is -1.69. The molecule has 84 valence electrons. The molecule has 0 N–H and O–H groups in total. The molecule has 0 radical (unpaired) electrons. The molecular formula is C10H11N3O2S. The Kier molecular flexibility index (Phi) is 3.00. The molecule has 0 aliphatic carbocycles. The van der Waals surface area contributed by atoms with Crippen molar-refractivity contribution < 1.29 is 9.53 Å². The first-order chi connectivity index (χ1) is 7.72. The van der Waals surface area contributed by atoms with E-state index in [4.69, 9.17) is 4.74 Å². The van der Waals surface area contributed by atoms with E-state index >= 15 is 0 Å². The lowest BCUT2D eigenvalue weighted by Gasteiger charge is -1.98. The van der Waals surface area contributed by atoms with E-state index in [-0.39, 0.29) is 5.82 Å². The van der Waals surface area contributed by atoms with Crippen LogP contribution in [0.4, 0.5) is 0 Å². The number of thiophene rings is 1. The van der Waals surface area contributed by atoms with Crippen molar-refractivity contribution in [1.29, 1.82) is 0 Å². The van der Waals surface area contributed by atoms with E-state index < -0.39 is 5.97 Å². The Balaban J connectivity index is 2.32. The molecule has 2 heterocycles. The maximum atomic E-state index is 11.5. The molecule has 2 aromatic rings. The molecule has 16 heavy (non-hydrogen) atoms. The first-order valence-corrected chi connectivity index (χ1v) is 5.72. The summed E-state index contributed by atoms with van der Waals surface area (Å²) in [7, 11) is 1.68. The second kappa shape index (κ2) is 4.44. The molecule has 0 atom stereocenters. The predicted octanol–water partition coefficient (Wildman–Crippen LogP) is 1.72. The van der Waals surface area contributed by atoms with Gasteiger partial charge in [-0.05, 0) is 18.4 Å². The Labute approximate surface area is 96.7 Å². The standard InChI is InChI=1S/C10H11N3O2S/c1-3-15-10(14)9-11-8(12-13(9)2)7-5-4-6-16-7/h4-6H,3H2,1-2H3. The van der Waals surface area contributed by atoms with Gasteiger partial charge in [0.2, 0.25) is 5.82 Å². The van der Waals surface area contributed by atoms with Gasteiger partial charge in [-0.15, -0.1) is 16.4 Å². The van der Waals surface area contributed by atoms with Crippen molar-refractivity contribution in [1.82, 2.24) is 14.8 Å². The monoisotopic (exact) mass is 237 g/mol. The lowest BCUT2D eigenvalue weighted by Crippen LogP contribution is -2.11. The zero-order valence-electron chi connectivity index (χ0n) is 9.01. The molecule has 0 aliphatic rings. The van der Waals surface area contributed by atoms with Crippen molar-refractivity contribution >= 4 is 17.3 Å². The van der Waals surface area contributed by atoms with Gasteiger partial charge in [0.1, 0.15) is 0 Å². The molecule has 2 aromatic heterocycles. The van der Waals surface area contributed by atoms with Gasteiger partial charge in [-0.2, -0.15) is 4.98 Å². The van der Waals surface area contributed by atoms with Crippen molar-refractivity contribution in [2.45, 2.75) is 6.92 Å². The largest absolute Gasteiger partial charge is 0.460 e. The lowest BCUT2D eigenvalue weighted by atomic mass is 10.4. The molecule has 0 spiro atoms. The van der Waals surface area contributed by atoms with E-state index in [2.05, 4.69) is 10.1 Å². The summed E-state index contributed by atoms with van der Waals surface area (Å²) >= 11 is 1.53. The minimum atomic E-state index is -0.444. The average molecular weight is 237 g/mol. The molecular weight excluding hydrogens is 226 g/mol. The topological polar surface area (TPSA) is 57.0 Å². The van der Waals surface area contributed by atoms with Gasteiger partial charge in [0, 0.05) is 7.05 Å². The molecule has 0 unspecified atom stereocenters. The Morgan fingerprint density at radius 1 is 1.62 bits per heavy atom. The van der Waals surface area contributed by atoms with Crippen molar-refractivity contribution in [3.8, 4) is 10.7 Å². The number of nitrogens with zero attached hydrogens (tertiary/aromatic N) is 3. The van der Waals surface area contributed by atoms with Gasteiger partial charge in [0.15, 0.2) is 5.82 Å². The molecule has 2 rings (SSSR count). The SMILES string of the molecule is CCOC(=O)c1nc(-c2cccs2)nn1C. The Morgan fingerprint density at radius 2 is 2.44 bits per heavy atom. The molecule has 0 amide bonds. The Bertz CT molecular complexity index is 490.